The van der Waals surface area contributed by atoms with Crippen molar-refractivity contribution < 1.29 is 14.3 Å². The summed E-state index contributed by atoms with van der Waals surface area (Å²) in [5.41, 5.74) is 1.54. The fraction of sp³-hybridized carbons (Fsp3) is 0.240. The second-order valence-electron chi connectivity index (χ2n) is 7.56. The molecule has 1 aliphatic rings. The minimum atomic E-state index is -0.796. The van der Waals surface area contributed by atoms with Gasteiger partial charge in [-0.3, -0.25) is 9.36 Å². The lowest BCUT2D eigenvalue weighted by molar-refractivity contribution is -0.139. The standard InChI is InChI=1S/C25H21Cl3N2O4S/c1-4-33-22-14(10-15(26)12-18(22)28)11-19-23(31)30-21(16-8-6-7-9-17(16)27)20(24(32)34-5-2)13(3)29-25(30)35-19/h6-12,21H,4-5H2,1-3H3/b19-11-/t21-/m0/s1. The van der Waals surface area contributed by atoms with Gasteiger partial charge in [-0.2, -0.15) is 0 Å². The second kappa shape index (κ2) is 10.6. The number of nitrogens with zero attached hydrogens (tertiary/aromatic N) is 2. The highest BCUT2D eigenvalue weighted by molar-refractivity contribution is 7.07. The molecule has 0 unspecified atom stereocenters. The molecule has 0 aliphatic carbocycles. The van der Waals surface area contributed by atoms with Crippen LogP contribution in [0.3, 0.4) is 0 Å². The highest BCUT2D eigenvalue weighted by Gasteiger charge is 2.34. The van der Waals surface area contributed by atoms with Crippen molar-refractivity contribution >= 4 is 58.2 Å². The maximum Gasteiger partial charge on any atom is 0.338 e. The third-order valence-electron chi connectivity index (χ3n) is 5.33. The average molecular weight is 552 g/mol. The van der Waals surface area contributed by atoms with Crippen LogP contribution in [-0.4, -0.2) is 23.8 Å². The van der Waals surface area contributed by atoms with E-state index < -0.39 is 12.0 Å². The molecule has 6 nitrogen and oxygen atoms in total. The van der Waals surface area contributed by atoms with Gasteiger partial charge in [0.2, 0.25) is 0 Å². The summed E-state index contributed by atoms with van der Waals surface area (Å²) < 4.78 is 12.9. The molecule has 35 heavy (non-hydrogen) atoms. The minimum absolute atomic E-state index is 0.186. The summed E-state index contributed by atoms with van der Waals surface area (Å²) in [7, 11) is 0. The Morgan fingerprint density at radius 3 is 2.57 bits per heavy atom. The van der Waals surface area contributed by atoms with E-state index >= 15 is 0 Å². The number of carbonyl (C=O) groups excluding carboxylic acids is 1. The van der Waals surface area contributed by atoms with Crippen molar-refractivity contribution in [3.8, 4) is 5.75 Å². The molecule has 0 spiro atoms. The molecule has 3 aromatic rings. The number of fused-ring (bicyclic) bond motifs is 1. The molecule has 4 rings (SSSR count). The fourth-order valence-corrected chi connectivity index (χ4v) is 5.75. The number of thiazole rings is 1. The van der Waals surface area contributed by atoms with E-state index in [0.717, 1.165) is 0 Å². The SMILES string of the molecule is CCOC(=O)C1=C(C)N=c2s/c(=C\c3cc(Cl)cc(Cl)c3OCC)c(=O)n2[C@H]1c1ccccc1Cl. The number of hydrogen-bond donors (Lipinski definition) is 0. The van der Waals surface area contributed by atoms with Crippen LogP contribution >= 0.6 is 46.1 Å². The third-order valence-corrected chi connectivity index (χ3v) is 7.16. The molecule has 0 N–H and O–H groups in total. The van der Waals surface area contributed by atoms with Crippen LogP contribution in [0.5, 0.6) is 5.75 Å². The average Bonchev–Trinajstić information content (AvgIpc) is 3.10. The molecular weight excluding hydrogens is 531 g/mol. The van der Waals surface area contributed by atoms with Gasteiger partial charge in [0.1, 0.15) is 11.8 Å². The van der Waals surface area contributed by atoms with Gasteiger partial charge in [0.05, 0.1) is 34.0 Å². The Morgan fingerprint density at radius 1 is 1.14 bits per heavy atom. The van der Waals surface area contributed by atoms with Gasteiger partial charge in [-0.1, -0.05) is 64.3 Å². The summed E-state index contributed by atoms with van der Waals surface area (Å²) in [6.07, 6.45) is 1.67. The number of benzene rings is 2. The molecule has 0 saturated carbocycles. The van der Waals surface area contributed by atoms with E-state index in [9.17, 15) is 9.59 Å². The van der Waals surface area contributed by atoms with Gasteiger partial charge in [0, 0.05) is 15.6 Å². The Morgan fingerprint density at radius 2 is 1.89 bits per heavy atom. The van der Waals surface area contributed by atoms with Gasteiger partial charge < -0.3 is 9.47 Å². The Kier molecular flexibility index (Phi) is 7.71. The second-order valence-corrected chi connectivity index (χ2v) is 9.82. The molecule has 0 amide bonds. The molecule has 182 valence electrons. The molecule has 1 aliphatic heterocycles. The van der Waals surface area contributed by atoms with Crippen LogP contribution in [0.4, 0.5) is 0 Å². The molecule has 0 bridgehead atoms. The third kappa shape index (κ3) is 4.91. The highest BCUT2D eigenvalue weighted by atomic mass is 35.5. The number of rotatable bonds is 6. The lowest BCUT2D eigenvalue weighted by Crippen LogP contribution is -2.40. The van der Waals surface area contributed by atoms with Crippen molar-refractivity contribution in [3.05, 3.63) is 93.6 Å². The molecule has 0 radical (unpaired) electrons. The van der Waals surface area contributed by atoms with E-state index in [1.807, 2.05) is 6.92 Å². The van der Waals surface area contributed by atoms with Gasteiger partial charge in [-0.05, 0) is 50.6 Å². The summed E-state index contributed by atoms with van der Waals surface area (Å²) in [5, 5.41) is 1.17. The number of esters is 1. The van der Waals surface area contributed by atoms with Crippen molar-refractivity contribution in [1.82, 2.24) is 4.57 Å². The topological polar surface area (TPSA) is 69.9 Å². The molecule has 1 atom stereocenters. The van der Waals surface area contributed by atoms with Crippen LogP contribution in [-0.2, 0) is 9.53 Å². The molecule has 10 heteroatoms. The first-order chi connectivity index (χ1) is 16.8. The van der Waals surface area contributed by atoms with Crippen LogP contribution in [0, 0.1) is 0 Å². The summed E-state index contributed by atoms with van der Waals surface area (Å²) >= 11 is 20.3. The van der Waals surface area contributed by atoms with Gasteiger partial charge in [-0.15, -0.1) is 0 Å². The number of allylic oxidation sites excluding steroid dienone is 1. The maximum absolute atomic E-state index is 13.7. The van der Waals surface area contributed by atoms with Gasteiger partial charge in [0.25, 0.3) is 5.56 Å². The summed E-state index contributed by atoms with van der Waals surface area (Å²) in [4.78, 5) is 31.7. The van der Waals surface area contributed by atoms with Gasteiger partial charge in [-0.25, -0.2) is 9.79 Å². The van der Waals surface area contributed by atoms with Crippen molar-refractivity contribution in [3.63, 3.8) is 0 Å². The summed E-state index contributed by atoms with van der Waals surface area (Å²) in [6.45, 7) is 5.85. The maximum atomic E-state index is 13.7. The van der Waals surface area contributed by atoms with Crippen molar-refractivity contribution in [2.75, 3.05) is 13.2 Å². The summed E-state index contributed by atoms with van der Waals surface area (Å²) in [5.74, 6) is -0.122. The lowest BCUT2D eigenvalue weighted by Gasteiger charge is -2.25. The molecule has 2 aromatic carbocycles. The zero-order chi connectivity index (χ0) is 25.3. The minimum Gasteiger partial charge on any atom is -0.492 e. The van der Waals surface area contributed by atoms with Crippen LogP contribution < -0.4 is 19.6 Å². The quantitative estimate of drug-likeness (QED) is 0.397. The molecule has 0 saturated heterocycles. The largest absolute Gasteiger partial charge is 0.492 e. The Labute approximate surface area is 220 Å². The molecule has 2 heterocycles. The number of aromatic nitrogens is 1. The fourth-order valence-electron chi connectivity index (χ4n) is 3.91. The van der Waals surface area contributed by atoms with Crippen LogP contribution in [0.25, 0.3) is 6.08 Å². The number of hydrogen-bond acceptors (Lipinski definition) is 6. The Bertz CT molecular complexity index is 1520. The zero-order valence-electron chi connectivity index (χ0n) is 19.1. The molecule has 1 aromatic heterocycles. The van der Waals surface area contributed by atoms with Crippen LogP contribution in [0.1, 0.15) is 37.9 Å². The summed E-state index contributed by atoms with van der Waals surface area (Å²) in [6, 6.07) is 9.55. The first kappa shape index (κ1) is 25.5. The van der Waals surface area contributed by atoms with E-state index in [0.29, 0.717) is 53.6 Å². The number of ether oxygens (including phenoxy) is 2. The molecular formula is C25H21Cl3N2O4S. The van der Waals surface area contributed by atoms with Crippen molar-refractivity contribution in [2.24, 2.45) is 4.99 Å². The zero-order valence-corrected chi connectivity index (χ0v) is 22.2. The van der Waals surface area contributed by atoms with Crippen molar-refractivity contribution in [1.29, 1.82) is 0 Å². The predicted octanol–water partition coefficient (Wildman–Crippen LogP) is 5.16. The van der Waals surface area contributed by atoms with Crippen LogP contribution in [0.15, 0.2) is 57.5 Å². The first-order valence-electron chi connectivity index (χ1n) is 10.8. The highest BCUT2D eigenvalue weighted by Crippen LogP contribution is 2.35. The number of carbonyl (C=O) groups is 1. The van der Waals surface area contributed by atoms with Crippen molar-refractivity contribution in [2.45, 2.75) is 26.8 Å². The normalized spacial score (nSPS) is 15.6. The Hall–Kier alpha value is -2.58. The van der Waals surface area contributed by atoms with E-state index in [2.05, 4.69) is 4.99 Å². The van der Waals surface area contributed by atoms with E-state index in [-0.39, 0.29) is 17.7 Å². The predicted molar refractivity (Wildman–Crippen MR) is 139 cm³/mol. The molecule has 0 fully saturated rings. The lowest BCUT2D eigenvalue weighted by atomic mass is 9.96. The van der Waals surface area contributed by atoms with Gasteiger partial charge in [0.15, 0.2) is 4.80 Å². The Balaban J connectivity index is 2.00. The van der Waals surface area contributed by atoms with E-state index in [1.165, 1.54) is 15.9 Å². The van der Waals surface area contributed by atoms with E-state index in [4.69, 9.17) is 44.3 Å². The van der Waals surface area contributed by atoms with Gasteiger partial charge >= 0.3 is 5.97 Å². The first-order valence-corrected chi connectivity index (χ1v) is 12.8. The smallest absolute Gasteiger partial charge is 0.338 e. The number of halogens is 3. The van der Waals surface area contributed by atoms with E-state index in [1.54, 1.807) is 56.3 Å². The van der Waals surface area contributed by atoms with Crippen LogP contribution in [0.2, 0.25) is 15.1 Å². The monoisotopic (exact) mass is 550 g/mol.